The Labute approximate surface area is 216 Å². The number of esters is 1. The smallest absolute Gasteiger partial charge is 0.421 e. The van der Waals surface area contributed by atoms with E-state index in [9.17, 15) is 27.6 Å². The fourth-order valence-corrected chi connectivity index (χ4v) is 4.45. The second-order valence-electron chi connectivity index (χ2n) is 9.29. The molecule has 1 aliphatic rings. The highest BCUT2D eigenvalue weighted by Gasteiger charge is 2.37. The molecule has 0 unspecified atom stereocenters. The zero-order valence-electron chi connectivity index (χ0n) is 21.1. The normalized spacial score (nSPS) is 14.3. The van der Waals surface area contributed by atoms with Crippen molar-refractivity contribution in [2.45, 2.75) is 64.6 Å². The van der Waals surface area contributed by atoms with Crippen LogP contribution in [0.3, 0.4) is 0 Å². The Morgan fingerprint density at radius 3 is 2.34 bits per heavy atom. The van der Waals surface area contributed by atoms with E-state index in [0.29, 0.717) is 18.9 Å². The maximum absolute atomic E-state index is 15.3. The molecule has 0 radical (unpaired) electrons. The number of ether oxygens (including phenoxy) is 2. The molecule has 1 amide bonds. The molecule has 0 atom stereocenters. The summed E-state index contributed by atoms with van der Waals surface area (Å²) in [6, 6.07) is 1.80. The summed E-state index contributed by atoms with van der Waals surface area (Å²) in [4.78, 5) is 41.8. The number of carboxylic acid groups (broad SMARTS) is 1. The number of halogens is 4. The lowest BCUT2D eigenvalue weighted by Gasteiger charge is -2.33. The van der Waals surface area contributed by atoms with Crippen molar-refractivity contribution in [1.29, 1.82) is 0 Å². The molecule has 1 N–H and O–H groups in total. The predicted molar refractivity (Wildman–Crippen MR) is 128 cm³/mol. The number of rotatable bonds is 8. The van der Waals surface area contributed by atoms with Gasteiger partial charge in [0.05, 0.1) is 24.8 Å². The number of hydrogen-bond acceptors (Lipinski definition) is 6. The number of amides is 1. The first-order valence-electron chi connectivity index (χ1n) is 12.0. The minimum atomic E-state index is -5.00. The number of carbonyl (C=O) groups excluding carboxylic acids is 2. The second kappa shape index (κ2) is 11.8. The van der Waals surface area contributed by atoms with E-state index >= 15 is 4.39 Å². The Morgan fingerprint density at radius 2 is 1.79 bits per heavy atom. The van der Waals surface area contributed by atoms with Crippen molar-refractivity contribution in [3.05, 3.63) is 46.9 Å². The van der Waals surface area contributed by atoms with Crippen molar-refractivity contribution < 1.29 is 46.5 Å². The largest absolute Gasteiger partial charge is 0.481 e. The van der Waals surface area contributed by atoms with Crippen molar-refractivity contribution in [2.75, 3.05) is 12.0 Å². The average Bonchev–Trinajstić information content (AvgIpc) is 2.85. The van der Waals surface area contributed by atoms with Gasteiger partial charge in [0.1, 0.15) is 5.56 Å². The molecule has 1 saturated carbocycles. The van der Waals surface area contributed by atoms with Crippen LogP contribution in [0.2, 0.25) is 0 Å². The maximum Gasteiger partial charge on any atom is 0.421 e. The SMILES string of the molecule is COC(=O)c1cc(Oc2ncc(CC(=O)O)cc2C(F)(F)F)c(F)cc1N(C(=O)C1CCCCC1)C(C)C. The number of nitrogens with zero attached hydrogens (tertiary/aromatic N) is 2. The number of methoxy groups -OCH3 is 1. The van der Waals surface area contributed by atoms with Crippen LogP contribution in [0.5, 0.6) is 11.6 Å². The lowest BCUT2D eigenvalue weighted by Crippen LogP contribution is -2.42. The number of carboxylic acids is 1. The minimum Gasteiger partial charge on any atom is -0.481 e. The van der Waals surface area contributed by atoms with E-state index in [1.165, 1.54) is 4.90 Å². The summed E-state index contributed by atoms with van der Waals surface area (Å²) >= 11 is 0. The highest BCUT2D eigenvalue weighted by atomic mass is 19.4. The van der Waals surface area contributed by atoms with Crippen LogP contribution in [-0.4, -0.2) is 41.1 Å². The molecule has 1 heterocycles. The molecular formula is C26H28F4N2O6. The summed E-state index contributed by atoms with van der Waals surface area (Å²) < 4.78 is 66.3. The molecule has 1 fully saturated rings. The van der Waals surface area contributed by atoms with Gasteiger partial charge < -0.3 is 19.5 Å². The number of carbonyl (C=O) groups is 3. The molecule has 1 aliphatic carbocycles. The molecule has 1 aromatic heterocycles. The Bertz CT molecular complexity index is 1210. The zero-order valence-corrected chi connectivity index (χ0v) is 21.1. The van der Waals surface area contributed by atoms with Crippen LogP contribution < -0.4 is 9.64 Å². The van der Waals surface area contributed by atoms with Gasteiger partial charge in [-0.3, -0.25) is 9.59 Å². The van der Waals surface area contributed by atoms with Gasteiger partial charge in [-0.15, -0.1) is 0 Å². The molecular weight excluding hydrogens is 512 g/mol. The Balaban J connectivity index is 2.08. The molecule has 206 valence electrons. The fraction of sp³-hybridized carbons (Fsp3) is 0.462. The third kappa shape index (κ3) is 6.59. The third-order valence-electron chi connectivity index (χ3n) is 6.20. The molecule has 0 bridgehead atoms. The number of anilines is 1. The Kier molecular flexibility index (Phi) is 8.95. The van der Waals surface area contributed by atoms with Crippen molar-refractivity contribution in [1.82, 2.24) is 4.98 Å². The van der Waals surface area contributed by atoms with E-state index in [-0.39, 0.29) is 28.6 Å². The summed E-state index contributed by atoms with van der Waals surface area (Å²) in [7, 11) is 1.07. The molecule has 8 nitrogen and oxygen atoms in total. The van der Waals surface area contributed by atoms with E-state index in [4.69, 9.17) is 14.6 Å². The lowest BCUT2D eigenvalue weighted by atomic mass is 9.87. The molecule has 1 aromatic carbocycles. The molecule has 38 heavy (non-hydrogen) atoms. The van der Waals surface area contributed by atoms with Gasteiger partial charge in [-0.1, -0.05) is 19.3 Å². The average molecular weight is 541 g/mol. The minimum absolute atomic E-state index is 0.0897. The maximum atomic E-state index is 15.3. The van der Waals surface area contributed by atoms with Crippen LogP contribution in [0.1, 0.15) is 67.4 Å². The monoisotopic (exact) mass is 540 g/mol. The molecule has 0 aliphatic heterocycles. The second-order valence-corrected chi connectivity index (χ2v) is 9.29. The van der Waals surface area contributed by atoms with Crippen molar-refractivity contribution >= 4 is 23.5 Å². The first-order valence-corrected chi connectivity index (χ1v) is 12.0. The number of pyridine rings is 1. The summed E-state index contributed by atoms with van der Waals surface area (Å²) in [5, 5.41) is 8.88. The molecule has 12 heteroatoms. The topological polar surface area (TPSA) is 106 Å². The van der Waals surface area contributed by atoms with Gasteiger partial charge in [0.25, 0.3) is 0 Å². The van der Waals surface area contributed by atoms with Crippen LogP contribution in [0.15, 0.2) is 24.4 Å². The number of alkyl halides is 3. The van der Waals surface area contributed by atoms with Gasteiger partial charge in [0, 0.05) is 30.3 Å². The summed E-state index contributed by atoms with van der Waals surface area (Å²) in [5.74, 6) is -5.84. The van der Waals surface area contributed by atoms with E-state index in [2.05, 4.69) is 4.98 Å². The Hall–Kier alpha value is -3.70. The van der Waals surface area contributed by atoms with Gasteiger partial charge in [-0.05, 0) is 38.3 Å². The number of aromatic nitrogens is 1. The molecule has 0 spiro atoms. The molecule has 0 saturated heterocycles. The van der Waals surface area contributed by atoms with E-state index < -0.39 is 53.6 Å². The highest BCUT2D eigenvalue weighted by molar-refractivity contribution is 6.04. The van der Waals surface area contributed by atoms with Crippen molar-refractivity contribution in [3.63, 3.8) is 0 Å². The summed E-state index contributed by atoms with van der Waals surface area (Å²) in [6.45, 7) is 3.39. The van der Waals surface area contributed by atoms with Gasteiger partial charge in [0.15, 0.2) is 11.6 Å². The van der Waals surface area contributed by atoms with Crippen molar-refractivity contribution in [2.24, 2.45) is 5.92 Å². The fourth-order valence-electron chi connectivity index (χ4n) is 4.45. The third-order valence-corrected chi connectivity index (χ3v) is 6.20. The van der Waals surface area contributed by atoms with Crippen LogP contribution in [0, 0.1) is 11.7 Å². The summed E-state index contributed by atoms with van der Waals surface area (Å²) in [6.07, 6.45) is -0.794. The van der Waals surface area contributed by atoms with Gasteiger partial charge >= 0.3 is 18.1 Å². The van der Waals surface area contributed by atoms with Crippen LogP contribution in [-0.2, 0) is 26.9 Å². The summed E-state index contributed by atoms with van der Waals surface area (Å²) in [5.41, 5.74) is -2.03. The quantitative estimate of drug-likeness (QED) is 0.335. The van der Waals surface area contributed by atoms with E-state index in [1.807, 2.05) is 0 Å². The zero-order chi connectivity index (χ0) is 28.2. The lowest BCUT2D eigenvalue weighted by molar-refractivity contribution is -0.139. The van der Waals surface area contributed by atoms with E-state index in [0.717, 1.165) is 44.7 Å². The van der Waals surface area contributed by atoms with Crippen LogP contribution >= 0.6 is 0 Å². The number of benzene rings is 1. The molecule has 3 rings (SSSR count). The standard InChI is InChI=1S/C26H28F4N2O6/c1-14(2)32(24(35)16-7-5-4-6-8-16)20-12-19(27)21(11-17(20)25(36)37-3)38-23-18(26(28,29)30)9-15(13-31-23)10-22(33)34/h9,11-14,16H,4-8,10H2,1-3H3,(H,33,34). The predicted octanol–water partition coefficient (Wildman–Crippen LogP) is 5.77. The van der Waals surface area contributed by atoms with Crippen LogP contribution in [0.4, 0.5) is 23.2 Å². The first-order chi connectivity index (χ1) is 17.8. The number of aliphatic carboxylic acids is 1. The molecule has 2 aromatic rings. The highest BCUT2D eigenvalue weighted by Crippen LogP contribution is 2.40. The van der Waals surface area contributed by atoms with Gasteiger partial charge in [-0.25, -0.2) is 14.2 Å². The first kappa shape index (κ1) is 28.9. The van der Waals surface area contributed by atoms with Gasteiger partial charge in [0.2, 0.25) is 11.8 Å². The van der Waals surface area contributed by atoms with E-state index in [1.54, 1.807) is 13.8 Å². The number of hydrogen-bond donors (Lipinski definition) is 1. The van der Waals surface area contributed by atoms with Crippen LogP contribution in [0.25, 0.3) is 0 Å². The Morgan fingerprint density at radius 1 is 1.13 bits per heavy atom. The van der Waals surface area contributed by atoms with Gasteiger partial charge in [-0.2, -0.15) is 13.2 Å². The van der Waals surface area contributed by atoms with Crippen molar-refractivity contribution in [3.8, 4) is 11.6 Å².